The first-order valence-corrected chi connectivity index (χ1v) is 19.9. The van der Waals surface area contributed by atoms with Crippen molar-refractivity contribution in [2.45, 2.75) is 83.0 Å². The van der Waals surface area contributed by atoms with Gasteiger partial charge < -0.3 is 40.1 Å². The summed E-state index contributed by atoms with van der Waals surface area (Å²) in [4.78, 5) is 72.6. The first kappa shape index (κ1) is 42.1. The molecular formula is C38H49FN8O7Si. The van der Waals surface area contributed by atoms with E-state index in [1.165, 1.54) is 23.4 Å². The predicted octanol–water partition coefficient (Wildman–Crippen LogP) is 3.55. The molecule has 1 fully saturated rings. The lowest BCUT2D eigenvalue weighted by Gasteiger charge is -2.44. The average molecular weight is 777 g/mol. The molecule has 0 bridgehead atoms. The van der Waals surface area contributed by atoms with Crippen molar-refractivity contribution in [1.29, 1.82) is 5.26 Å². The SMILES string of the molecule is CC(C)(C)[Si](F)(c1ccc(C(=O)NCC(NC(=O)O)C(=O)NCCCOc2ccc3ncnc(C(=O)NCC(=O)N4CCCC4C#N)c3c2)cc1)C(C)(C)C. The Kier molecular flexibility index (Phi) is 13.5. The lowest BCUT2D eigenvalue weighted by atomic mass is 10.1. The van der Waals surface area contributed by atoms with Crippen LogP contribution in [-0.2, 0) is 9.59 Å². The molecule has 0 spiro atoms. The highest BCUT2D eigenvalue weighted by Gasteiger charge is 2.56. The Bertz CT molecular complexity index is 1930. The highest BCUT2D eigenvalue weighted by molar-refractivity contribution is 6.90. The van der Waals surface area contributed by atoms with Crippen molar-refractivity contribution in [3.63, 3.8) is 0 Å². The summed E-state index contributed by atoms with van der Waals surface area (Å²) in [5.74, 6) is -1.76. The molecule has 294 valence electrons. The van der Waals surface area contributed by atoms with Crippen molar-refractivity contribution < 1.29 is 37.9 Å². The number of nitrogens with zero attached hydrogens (tertiary/aromatic N) is 4. The van der Waals surface area contributed by atoms with Crippen molar-refractivity contribution in [1.82, 2.24) is 36.1 Å². The van der Waals surface area contributed by atoms with E-state index in [1.807, 2.05) is 41.5 Å². The summed E-state index contributed by atoms with van der Waals surface area (Å²) in [6, 6.07) is 11.5. The molecule has 2 aromatic carbocycles. The van der Waals surface area contributed by atoms with E-state index in [1.54, 1.807) is 30.3 Å². The molecule has 1 aliphatic heterocycles. The number of nitrogens with one attached hydrogen (secondary N) is 4. The van der Waals surface area contributed by atoms with E-state index >= 15 is 4.11 Å². The number of amides is 5. The number of halogens is 1. The number of ether oxygens (including phenoxy) is 1. The number of carbonyl (C=O) groups excluding carboxylic acids is 4. The normalized spacial score (nSPS) is 15.1. The first-order chi connectivity index (χ1) is 25.9. The van der Waals surface area contributed by atoms with Crippen LogP contribution in [0.5, 0.6) is 5.75 Å². The Morgan fingerprint density at radius 1 is 1.00 bits per heavy atom. The molecule has 5 N–H and O–H groups in total. The van der Waals surface area contributed by atoms with Gasteiger partial charge in [0.15, 0.2) is 0 Å². The Labute approximate surface area is 320 Å². The fourth-order valence-corrected chi connectivity index (χ4v) is 11.5. The van der Waals surface area contributed by atoms with Gasteiger partial charge in [-0.15, -0.1) is 0 Å². The van der Waals surface area contributed by atoms with Gasteiger partial charge in [0.25, 0.3) is 20.2 Å². The van der Waals surface area contributed by atoms with Crippen LogP contribution < -0.4 is 31.2 Å². The molecule has 1 aromatic heterocycles. The maximum absolute atomic E-state index is 16.7. The molecule has 2 unspecified atom stereocenters. The van der Waals surface area contributed by atoms with Gasteiger partial charge in [0.05, 0.1) is 24.7 Å². The van der Waals surface area contributed by atoms with Crippen LogP contribution >= 0.6 is 0 Å². The maximum atomic E-state index is 16.7. The highest BCUT2D eigenvalue weighted by Crippen LogP contribution is 2.51. The minimum atomic E-state index is -3.53. The Morgan fingerprint density at radius 3 is 2.33 bits per heavy atom. The Balaban J connectivity index is 1.28. The predicted molar refractivity (Wildman–Crippen MR) is 205 cm³/mol. The number of benzene rings is 2. The van der Waals surface area contributed by atoms with Crippen molar-refractivity contribution in [3.05, 3.63) is 60.0 Å². The zero-order chi connectivity index (χ0) is 40.6. The van der Waals surface area contributed by atoms with Gasteiger partial charge in [-0.05, 0) is 64.9 Å². The standard InChI is InChI=1S/C38H49FN8O7Si/c1-37(2,3)55(39,38(4,5)6)27-13-10-24(11-14-27)33(49)42-21-30(46-36(52)53)34(50)41-16-8-18-54-26-12-15-29-28(19-26)32(45-23-44-29)35(51)43-22-31(48)47-17-7-9-25(47)20-40/h10-15,19,23,25,30,46H,7-9,16-18,21-22H2,1-6H3,(H,41,50)(H,42,49)(H,43,51)(H,52,53). The second-order valence-electron chi connectivity index (χ2n) is 15.4. The summed E-state index contributed by atoms with van der Waals surface area (Å²) in [6.07, 6.45) is 1.44. The van der Waals surface area contributed by atoms with E-state index in [0.29, 0.717) is 41.2 Å². The lowest BCUT2D eigenvalue weighted by Crippen LogP contribution is -2.57. The quantitative estimate of drug-likeness (QED) is 0.0912. The fourth-order valence-electron chi connectivity index (χ4n) is 6.94. The molecule has 1 saturated heterocycles. The summed E-state index contributed by atoms with van der Waals surface area (Å²) in [5.41, 5.74) is 0.755. The number of fused-ring (bicyclic) bond motifs is 1. The van der Waals surface area contributed by atoms with Gasteiger partial charge in [-0.2, -0.15) is 5.26 Å². The van der Waals surface area contributed by atoms with Gasteiger partial charge in [-0.25, -0.2) is 14.8 Å². The van der Waals surface area contributed by atoms with Gasteiger partial charge in [0.2, 0.25) is 11.8 Å². The van der Waals surface area contributed by atoms with Gasteiger partial charge in [-0.3, -0.25) is 19.2 Å². The van der Waals surface area contributed by atoms with Gasteiger partial charge in [0, 0.05) is 30.6 Å². The molecule has 4 rings (SSSR count). The molecule has 15 nitrogen and oxygen atoms in total. The number of likely N-dealkylation sites (tertiary alicyclic amines) is 1. The summed E-state index contributed by atoms with van der Waals surface area (Å²) < 4.78 is 22.5. The van der Waals surface area contributed by atoms with Gasteiger partial charge >= 0.3 is 6.09 Å². The monoisotopic (exact) mass is 776 g/mol. The molecule has 0 radical (unpaired) electrons. The second kappa shape index (κ2) is 17.7. The number of hydrogen-bond donors (Lipinski definition) is 5. The van der Waals surface area contributed by atoms with E-state index in [4.69, 9.17) is 4.74 Å². The second-order valence-corrected chi connectivity index (χ2v) is 20.3. The molecular weight excluding hydrogens is 728 g/mol. The van der Waals surface area contributed by atoms with Gasteiger partial charge in [0.1, 0.15) is 29.9 Å². The van der Waals surface area contributed by atoms with Gasteiger partial charge in [-0.1, -0.05) is 53.7 Å². The fraction of sp³-hybridized carbons (Fsp3) is 0.474. The maximum Gasteiger partial charge on any atom is 0.405 e. The number of carboxylic acid groups (broad SMARTS) is 1. The summed E-state index contributed by atoms with van der Waals surface area (Å²) >= 11 is 0. The molecule has 5 amide bonds. The summed E-state index contributed by atoms with van der Waals surface area (Å²) in [6.45, 7) is 11.4. The zero-order valence-electron chi connectivity index (χ0n) is 32.0. The third-order valence-electron chi connectivity index (χ3n) is 9.53. The largest absolute Gasteiger partial charge is 0.494 e. The average Bonchev–Trinajstić information content (AvgIpc) is 3.62. The zero-order valence-corrected chi connectivity index (χ0v) is 33.0. The molecule has 0 saturated carbocycles. The van der Waals surface area contributed by atoms with E-state index in [-0.39, 0.29) is 43.4 Å². The third kappa shape index (κ3) is 10.1. The van der Waals surface area contributed by atoms with Crippen molar-refractivity contribution in [3.8, 4) is 11.8 Å². The van der Waals surface area contributed by atoms with Crippen molar-refractivity contribution in [2.75, 3.05) is 32.8 Å². The van der Waals surface area contributed by atoms with Crippen LogP contribution in [0.25, 0.3) is 10.9 Å². The van der Waals surface area contributed by atoms with Crippen LogP contribution in [0.1, 0.15) is 81.7 Å². The first-order valence-electron chi connectivity index (χ1n) is 18.1. The Hall–Kier alpha value is -5.63. The number of aromatic nitrogens is 2. The number of nitriles is 1. The molecule has 0 aliphatic carbocycles. The topological polar surface area (TPSA) is 216 Å². The molecule has 17 heteroatoms. The molecule has 2 heterocycles. The van der Waals surface area contributed by atoms with Crippen LogP contribution in [0, 0.1) is 11.3 Å². The molecule has 1 aliphatic rings. The molecule has 55 heavy (non-hydrogen) atoms. The van der Waals surface area contributed by atoms with Crippen LogP contribution in [0.15, 0.2) is 48.8 Å². The lowest BCUT2D eigenvalue weighted by molar-refractivity contribution is -0.130. The summed E-state index contributed by atoms with van der Waals surface area (Å²) in [7, 11) is -3.53. The molecule has 3 aromatic rings. The van der Waals surface area contributed by atoms with Crippen LogP contribution in [0.3, 0.4) is 0 Å². The van der Waals surface area contributed by atoms with Crippen LogP contribution in [0.4, 0.5) is 8.90 Å². The smallest absolute Gasteiger partial charge is 0.405 e. The minimum Gasteiger partial charge on any atom is -0.494 e. The van der Waals surface area contributed by atoms with E-state index in [2.05, 4.69) is 37.3 Å². The summed E-state index contributed by atoms with van der Waals surface area (Å²) in [5, 5.41) is 28.3. The van der Waals surface area contributed by atoms with Crippen LogP contribution in [0.2, 0.25) is 10.1 Å². The van der Waals surface area contributed by atoms with E-state index < -0.39 is 54.4 Å². The highest BCUT2D eigenvalue weighted by atomic mass is 28.4. The Morgan fingerprint density at radius 2 is 1.69 bits per heavy atom. The number of hydrogen-bond acceptors (Lipinski definition) is 9. The number of rotatable bonds is 14. The minimum absolute atomic E-state index is 0.0411. The van der Waals surface area contributed by atoms with Crippen LogP contribution in [-0.4, -0.2) is 103 Å². The number of carbonyl (C=O) groups is 5. The van der Waals surface area contributed by atoms with E-state index in [0.717, 1.165) is 6.42 Å². The molecule has 2 atom stereocenters. The van der Waals surface area contributed by atoms with E-state index in [9.17, 15) is 34.3 Å². The van der Waals surface area contributed by atoms with Crippen molar-refractivity contribution >= 4 is 54.2 Å². The van der Waals surface area contributed by atoms with Crippen molar-refractivity contribution in [2.24, 2.45) is 0 Å². The third-order valence-corrected chi connectivity index (χ3v) is 14.8.